The summed E-state index contributed by atoms with van der Waals surface area (Å²) in [5.74, 6) is 0. The molecule has 0 spiro atoms. The number of hydrogen-bond acceptors (Lipinski definition) is 3. The Labute approximate surface area is 74.3 Å². The van der Waals surface area contributed by atoms with Crippen LogP contribution in [0, 0.1) is 0 Å². The largest absolute Gasteiger partial charge is 0.388 e. The average Bonchev–Trinajstić information content (AvgIpc) is 1.95. The number of hydrogen-bond donors (Lipinski definition) is 1. The molecule has 0 bridgehead atoms. The number of rotatable bonds is 4. The number of aliphatic hydroxyl groups is 1. The van der Waals surface area contributed by atoms with Gasteiger partial charge >= 0.3 is 0 Å². The molecule has 1 aliphatic rings. The first-order chi connectivity index (χ1) is 5.55. The van der Waals surface area contributed by atoms with E-state index in [0.29, 0.717) is 6.04 Å². The fourth-order valence-corrected chi connectivity index (χ4v) is 1.61. The van der Waals surface area contributed by atoms with E-state index < -0.39 is 5.60 Å². The Hall–Kier alpha value is -0.120. The van der Waals surface area contributed by atoms with Crippen LogP contribution in [-0.2, 0) is 4.74 Å². The van der Waals surface area contributed by atoms with Crippen LogP contribution in [0.5, 0.6) is 0 Å². The molecule has 1 unspecified atom stereocenters. The van der Waals surface area contributed by atoms with Crippen LogP contribution in [0.25, 0.3) is 0 Å². The zero-order chi connectivity index (χ0) is 9.19. The summed E-state index contributed by atoms with van der Waals surface area (Å²) in [5.41, 5.74) is -0.443. The van der Waals surface area contributed by atoms with E-state index in [4.69, 9.17) is 4.74 Å². The summed E-state index contributed by atoms with van der Waals surface area (Å²) in [4.78, 5) is 2.28. The molecule has 3 heteroatoms. The first-order valence-electron chi connectivity index (χ1n) is 4.50. The Balaban J connectivity index is 2.15. The van der Waals surface area contributed by atoms with E-state index in [-0.39, 0.29) is 0 Å². The van der Waals surface area contributed by atoms with Gasteiger partial charge in [0.05, 0.1) is 5.60 Å². The van der Waals surface area contributed by atoms with Crippen molar-refractivity contribution in [3.8, 4) is 0 Å². The van der Waals surface area contributed by atoms with Gasteiger partial charge in [0.1, 0.15) is 0 Å². The highest BCUT2D eigenvalue weighted by Gasteiger charge is 2.38. The molecule has 0 radical (unpaired) electrons. The molecule has 0 saturated carbocycles. The number of ether oxygens (including phenoxy) is 1. The van der Waals surface area contributed by atoms with Crippen LogP contribution in [0.1, 0.15) is 20.3 Å². The van der Waals surface area contributed by atoms with Crippen LogP contribution in [0.15, 0.2) is 0 Å². The minimum Gasteiger partial charge on any atom is -0.388 e. The van der Waals surface area contributed by atoms with Crippen molar-refractivity contribution >= 4 is 0 Å². The van der Waals surface area contributed by atoms with Gasteiger partial charge in [0.25, 0.3) is 0 Å². The second-order valence-corrected chi connectivity index (χ2v) is 4.03. The first kappa shape index (κ1) is 9.96. The highest BCUT2D eigenvalue weighted by atomic mass is 16.5. The minimum absolute atomic E-state index is 0.443. The monoisotopic (exact) mass is 173 g/mol. The molecule has 0 aromatic heterocycles. The molecule has 0 aliphatic carbocycles. The van der Waals surface area contributed by atoms with Crippen molar-refractivity contribution < 1.29 is 9.84 Å². The van der Waals surface area contributed by atoms with Gasteiger partial charge < -0.3 is 9.84 Å². The number of likely N-dealkylation sites (tertiary alicyclic amines) is 1. The van der Waals surface area contributed by atoms with Gasteiger partial charge in [-0.3, -0.25) is 4.90 Å². The lowest BCUT2D eigenvalue weighted by molar-refractivity contribution is -0.102. The summed E-state index contributed by atoms with van der Waals surface area (Å²) in [6.07, 6.45) is 1.05. The molecule has 1 atom stereocenters. The van der Waals surface area contributed by atoms with E-state index in [1.807, 2.05) is 6.92 Å². The van der Waals surface area contributed by atoms with Crippen LogP contribution >= 0.6 is 0 Å². The topological polar surface area (TPSA) is 32.7 Å². The summed E-state index contributed by atoms with van der Waals surface area (Å²) in [7, 11) is 1.72. The second kappa shape index (κ2) is 3.73. The van der Waals surface area contributed by atoms with E-state index in [9.17, 15) is 5.11 Å². The third-order valence-electron chi connectivity index (χ3n) is 2.45. The van der Waals surface area contributed by atoms with Crippen LogP contribution < -0.4 is 0 Å². The zero-order valence-corrected chi connectivity index (χ0v) is 8.21. The molecule has 1 fully saturated rings. The summed E-state index contributed by atoms with van der Waals surface area (Å²) in [6.45, 7) is 6.47. The lowest BCUT2D eigenvalue weighted by Crippen LogP contribution is -2.62. The average molecular weight is 173 g/mol. The lowest BCUT2D eigenvalue weighted by atomic mass is 9.94. The quantitative estimate of drug-likeness (QED) is 0.671. The minimum atomic E-state index is -0.443. The van der Waals surface area contributed by atoms with Crippen LogP contribution in [0.2, 0.25) is 0 Å². The van der Waals surface area contributed by atoms with Crippen LogP contribution in [0.3, 0.4) is 0 Å². The van der Waals surface area contributed by atoms with Crippen LogP contribution in [0.4, 0.5) is 0 Å². The van der Waals surface area contributed by atoms with E-state index in [1.54, 1.807) is 7.11 Å². The van der Waals surface area contributed by atoms with Gasteiger partial charge in [-0.25, -0.2) is 0 Å². The molecule has 1 rings (SSSR count). The SMILES string of the molecule is COCCC(C)N1CC(C)(O)C1. The maximum absolute atomic E-state index is 9.49. The fraction of sp³-hybridized carbons (Fsp3) is 1.00. The van der Waals surface area contributed by atoms with E-state index in [0.717, 1.165) is 26.1 Å². The third kappa shape index (κ3) is 2.44. The number of nitrogens with zero attached hydrogens (tertiary/aromatic N) is 1. The van der Waals surface area contributed by atoms with Gasteiger partial charge in [-0.2, -0.15) is 0 Å². The molecule has 0 aromatic rings. The molecule has 1 N–H and O–H groups in total. The van der Waals surface area contributed by atoms with E-state index in [1.165, 1.54) is 0 Å². The zero-order valence-electron chi connectivity index (χ0n) is 8.21. The molecule has 12 heavy (non-hydrogen) atoms. The Morgan fingerprint density at radius 2 is 2.17 bits per heavy atom. The molecule has 3 nitrogen and oxygen atoms in total. The standard InChI is InChI=1S/C9H19NO2/c1-8(4-5-12-3)10-6-9(2,11)7-10/h8,11H,4-7H2,1-3H3. The summed E-state index contributed by atoms with van der Waals surface area (Å²) in [5, 5.41) is 9.49. The maximum atomic E-state index is 9.49. The first-order valence-corrected chi connectivity index (χ1v) is 4.50. The number of β-amino-alcohol motifs (C(OH)–C–C–N with tert-alkyl or cyclic N) is 1. The molecule has 1 saturated heterocycles. The van der Waals surface area contributed by atoms with Crippen molar-refractivity contribution in [2.75, 3.05) is 26.8 Å². The Kier molecular flexibility index (Phi) is 3.09. The van der Waals surface area contributed by atoms with Crippen molar-refractivity contribution in [3.63, 3.8) is 0 Å². The smallest absolute Gasteiger partial charge is 0.0872 e. The normalized spacial score (nSPS) is 25.0. The summed E-state index contributed by atoms with van der Waals surface area (Å²) in [6, 6.07) is 0.533. The van der Waals surface area contributed by atoms with E-state index in [2.05, 4.69) is 11.8 Å². The highest BCUT2D eigenvalue weighted by Crippen LogP contribution is 2.23. The lowest BCUT2D eigenvalue weighted by Gasteiger charge is -2.47. The van der Waals surface area contributed by atoms with Crippen LogP contribution in [-0.4, -0.2) is 48.5 Å². The molecule has 72 valence electrons. The third-order valence-corrected chi connectivity index (χ3v) is 2.45. The predicted octanol–water partition coefficient (Wildman–Crippen LogP) is 0.478. The predicted molar refractivity (Wildman–Crippen MR) is 48.2 cm³/mol. The molecular weight excluding hydrogens is 154 g/mol. The molecule has 0 aromatic carbocycles. The van der Waals surface area contributed by atoms with Crippen molar-refractivity contribution in [1.82, 2.24) is 4.90 Å². The summed E-state index contributed by atoms with van der Waals surface area (Å²) < 4.78 is 4.99. The second-order valence-electron chi connectivity index (χ2n) is 4.03. The van der Waals surface area contributed by atoms with Gasteiger partial charge in [0, 0.05) is 32.8 Å². The Morgan fingerprint density at radius 3 is 2.58 bits per heavy atom. The Bertz CT molecular complexity index is 139. The molecule has 1 aliphatic heterocycles. The van der Waals surface area contributed by atoms with Crippen molar-refractivity contribution in [3.05, 3.63) is 0 Å². The van der Waals surface area contributed by atoms with Gasteiger partial charge in [0.15, 0.2) is 0 Å². The molecular formula is C9H19NO2. The highest BCUT2D eigenvalue weighted by molar-refractivity contribution is 4.93. The van der Waals surface area contributed by atoms with Crippen molar-refractivity contribution in [2.45, 2.75) is 31.9 Å². The fourth-order valence-electron chi connectivity index (χ4n) is 1.61. The number of methoxy groups -OCH3 is 1. The van der Waals surface area contributed by atoms with E-state index >= 15 is 0 Å². The molecule has 0 amide bonds. The van der Waals surface area contributed by atoms with Gasteiger partial charge in [-0.05, 0) is 20.3 Å². The molecule has 1 heterocycles. The van der Waals surface area contributed by atoms with Gasteiger partial charge in [0.2, 0.25) is 0 Å². The van der Waals surface area contributed by atoms with Gasteiger partial charge in [-0.15, -0.1) is 0 Å². The van der Waals surface area contributed by atoms with Crippen molar-refractivity contribution in [1.29, 1.82) is 0 Å². The van der Waals surface area contributed by atoms with Crippen molar-refractivity contribution in [2.24, 2.45) is 0 Å². The van der Waals surface area contributed by atoms with Gasteiger partial charge in [-0.1, -0.05) is 0 Å². The summed E-state index contributed by atoms with van der Waals surface area (Å²) >= 11 is 0. The Morgan fingerprint density at radius 1 is 1.58 bits per heavy atom. The maximum Gasteiger partial charge on any atom is 0.0872 e.